The Labute approximate surface area is 170 Å². The van der Waals surface area contributed by atoms with Crippen LogP contribution in [0.3, 0.4) is 0 Å². The van der Waals surface area contributed by atoms with E-state index in [-0.39, 0.29) is 5.91 Å². The number of ether oxygens (including phenoxy) is 1. The average molecular weight is 388 g/mol. The van der Waals surface area contributed by atoms with E-state index in [0.717, 1.165) is 30.0 Å². The monoisotopic (exact) mass is 388 g/mol. The first-order valence-electron chi connectivity index (χ1n) is 9.88. The lowest BCUT2D eigenvalue weighted by Crippen LogP contribution is -2.23. The molecule has 1 aliphatic rings. The highest BCUT2D eigenvalue weighted by Crippen LogP contribution is 2.18. The van der Waals surface area contributed by atoms with Gasteiger partial charge in [-0.3, -0.25) is 9.78 Å². The van der Waals surface area contributed by atoms with Crippen LogP contribution >= 0.6 is 0 Å². The second-order valence-electron chi connectivity index (χ2n) is 7.08. The Hall–Kier alpha value is -3.41. The maximum Gasteiger partial charge on any atom is 0.251 e. The van der Waals surface area contributed by atoms with Crippen molar-refractivity contribution >= 4 is 11.7 Å². The minimum absolute atomic E-state index is 0.138. The fourth-order valence-electron chi connectivity index (χ4n) is 3.32. The van der Waals surface area contributed by atoms with Gasteiger partial charge in [0.15, 0.2) is 0 Å². The van der Waals surface area contributed by atoms with Crippen molar-refractivity contribution < 1.29 is 9.53 Å². The largest absolute Gasteiger partial charge is 0.489 e. The van der Waals surface area contributed by atoms with Gasteiger partial charge in [-0.25, -0.2) is 4.98 Å². The Kier molecular flexibility index (Phi) is 6.00. The third kappa shape index (κ3) is 5.10. The summed E-state index contributed by atoms with van der Waals surface area (Å²) in [6.45, 7) is 2.99. The number of hydrogen-bond acceptors (Lipinski definition) is 5. The van der Waals surface area contributed by atoms with Crippen molar-refractivity contribution in [2.45, 2.75) is 26.0 Å². The van der Waals surface area contributed by atoms with E-state index < -0.39 is 0 Å². The van der Waals surface area contributed by atoms with E-state index in [1.165, 1.54) is 12.8 Å². The van der Waals surface area contributed by atoms with Crippen LogP contribution in [0.4, 0.5) is 5.82 Å². The first-order chi connectivity index (χ1) is 14.3. The van der Waals surface area contributed by atoms with Crippen LogP contribution in [0.5, 0.6) is 5.75 Å². The number of carbonyl (C=O) groups excluding carboxylic acids is 1. The van der Waals surface area contributed by atoms with E-state index >= 15 is 0 Å². The normalized spacial score (nSPS) is 13.3. The van der Waals surface area contributed by atoms with Gasteiger partial charge in [0.05, 0.1) is 0 Å². The zero-order valence-electron chi connectivity index (χ0n) is 16.3. The molecule has 148 valence electrons. The number of benzene rings is 1. The lowest BCUT2D eigenvalue weighted by Gasteiger charge is -2.16. The quantitative estimate of drug-likeness (QED) is 0.670. The Morgan fingerprint density at radius 1 is 1.03 bits per heavy atom. The summed E-state index contributed by atoms with van der Waals surface area (Å²) in [4.78, 5) is 23.4. The minimum atomic E-state index is -0.138. The van der Waals surface area contributed by atoms with Gasteiger partial charge >= 0.3 is 0 Å². The van der Waals surface area contributed by atoms with E-state index in [2.05, 4.69) is 20.2 Å². The molecule has 1 aromatic carbocycles. The maximum absolute atomic E-state index is 12.5. The molecule has 1 fully saturated rings. The summed E-state index contributed by atoms with van der Waals surface area (Å²) in [6.07, 6.45) is 7.78. The molecule has 4 rings (SSSR count). The highest BCUT2D eigenvalue weighted by atomic mass is 16.5. The van der Waals surface area contributed by atoms with Gasteiger partial charge in [0.25, 0.3) is 5.91 Å². The smallest absolute Gasteiger partial charge is 0.251 e. The second-order valence-corrected chi connectivity index (χ2v) is 7.08. The van der Waals surface area contributed by atoms with E-state index in [4.69, 9.17) is 4.74 Å². The van der Waals surface area contributed by atoms with E-state index in [1.807, 2.05) is 42.6 Å². The van der Waals surface area contributed by atoms with Gasteiger partial charge in [0, 0.05) is 49.4 Å². The maximum atomic E-state index is 12.5. The van der Waals surface area contributed by atoms with Crippen LogP contribution in [0.2, 0.25) is 0 Å². The number of rotatable bonds is 7. The molecule has 6 nitrogen and oxygen atoms in total. The lowest BCUT2D eigenvalue weighted by atomic mass is 10.2. The molecule has 2 aromatic heterocycles. The van der Waals surface area contributed by atoms with Crippen molar-refractivity contribution in [3.8, 4) is 5.75 Å². The van der Waals surface area contributed by atoms with Gasteiger partial charge in [-0.05, 0) is 48.7 Å². The number of nitrogens with one attached hydrogen (secondary N) is 1. The number of aromatic nitrogens is 2. The molecule has 1 amide bonds. The average Bonchev–Trinajstić information content (AvgIpc) is 3.32. The molecule has 0 atom stereocenters. The molecule has 6 heteroatoms. The molecular formula is C23H24N4O2. The van der Waals surface area contributed by atoms with Gasteiger partial charge in [0.1, 0.15) is 18.2 Å². The van der Waals surface area contributed by atoms with Crippen molar-refractivity contribution in [2.24, 2.45) is 0 Å². The molecule has 0 saturated carbocycles. The molecule has 0 bridgehead atoms. The molecule has 0 unspecified atom stereocenters. The van der Waals surface area contributed by atoms with Crippen molar-refractivity contribution in [3.63, 3.8) is 0 Å². The minimum Gasteiger partial charge on any atom is -0.489 e. The SMILES string of the molecule is O=C(NCc1ccc(N2CCCC2)nc1)c1cccc(OCc2cccnc2)c1. The Balaban J connectivity index is 1.31. The van der Waals surface area contributed by atoms with Crippen LogP contribution in [0.1, 0.15) is 34.3 Å². The Morgan fingerprint density at radius 3 is 2.69 bits per heavy atom. The molecule has 0 aliphatic carbocycles. The van der Waals surface area contributed by atoms with Crippen molar-refractivity contribution in [2.75, 3.05) is 18.0 Å². The van der Waals surface area contributed by atoms with Crippen LogP contribution in [0.15, 0.2) is 67.1 Å². The van der Waals surface area contributed by atoms with Crippen LogP contribution < -0.4 is 15.0 Å². The Bertz CT molecular complexity index is 939. The number of amides is 1. The summed E-state index contributed by atoms with van der Waals surface area (Å²) in [6, 6.07) is 15.1. The second kappa shape index (κ2) is 9.19. The van der Waals surface area contributed by atoms with Gasteiger partial charge in [-0.15, -0.1) is 0 Å². The summed E-state index contributed by atoms with van der Waals surface area (Å²) < 4.78 is 5.77. The number of pyridine rings is 2. The summed E-state index contributed by atoms with van der Waals surface area (Å²) in [5, 5.41) is 2.95. The molecule has 29 heavy (non-hydrogen) atoms. The fraction of sp³-hybridized carbons (Fsp3) is 0.261. The van der Waals surface area contributed by atoms with Crippen LogP contribution in [0.25, 0.3) is 0 Å². The molecule has 3 heterocycles. The number of nitrogens with zero attached hydrogens (tertiary/aromatic N) is 3. The van der Waals surface area contributed by atoms with Crippen molar-refractivity contribution in [1.82, 2.24) is 15.3 Å². The molecule has 1 aliphatic heterocycles. The van der Waals surface area contributed by atoms with Gasteiger partial charge in [-0.2, -0.15) is 0 Å². The zero-order valence-corrected chi connectivity index (χ0v) is 16.3. The predicted octanol–water partition coefficient (Wildman–Crippen LogP) is 3.59. The van der Waals surface area contributed by atoms with Gasteiger partial charge in [-0.1, -0.05) is 18.2 Å². The fourth-order valence-corrected chi connectivity index (χ4v) is 3.32. The van der Waals surface area contributed by atoms with Crippen molar-refractivity contribution in [1.29, 1.82) is 0 Å². The summed E-state index contributed by atoms with van der Waals surface area (Å²) in [5.41, 5.74) is 2.52. The number of carbonyl (C=O) groups is 1. The number of hydrogen-bond donors (Lipinski definition) is 1. The first-order valence-corrected chi connectivity index (χ1v) is 9.88. The molecular weight excluding hydrogens is 364 g/mol. The molecule has 1 saturated heterocycles. The van der Waals surface area contributed by atoms with Gasteiger partial charge < -0.3 is 15.0 Å². The third-order valence-electron chi connectivity index (χ3n) is 4.92. The highest BCUT2D eigenvalue weighted by Gasteiger charge is 2.13. The number of anilines is 1. The molecule has 3 aromatic rings. The molecule has 0 radical (unpaired) electrons. The topological polar surface area (TPSA) is 67.4 Å². The third-order valence-corrected chi connectivity index (χ3v) is 4.92. The Morgan fingerprint density at radius 2 is 1.93 bits per heavy atom. The van der Waals surface area contributed by atoms with E-state index in [1.54, 1.807) is 24.5 Å². The summed E-state index contributed by atoms with van der Waals surface area (Å²) in [7, 11) is 0. The van der Waals surface area contributed by atoms with E-state index in [0.29, 0.717) is 24.5 Å². The van der Waals surface area contributed by atoms with Gasteiger partial charge in [0.2, 0.25) is 0 Å². The summed E-state index contributed by atoms with van der Waals surface area (Å²) >= 11 is 0. The lowest BCUT2D eigenvalue weighted by molar-refractivity contribution is 0.0950. The van der Waals surface area contributed by atoms with E-state index in [9.17, 15) is 4.79 Å². The predicted molar refractivity (Wildman–Crippen MR) is 112 cm³/mol. The zero-order chi connectivity index (χ0) is 19.9. The van der Waals surface area contributed by atoms with Crippen LogP contribution in [-0.2, 0) is 13.2 Å². The summed E-state index contributed by atoms with van der Waals surface area (Å²) in [5.74, 6) is 1.52. The van der Waals surface area contributed by atoms with Crippen LogP contribution in [-0.4, -0.2) is 29.0 Å². The van der Waals surface area contributed by atoms with Crippen molar-refractivity contribution in [3.05, 3.63) is 83.8 Å². The first kappa shape index (κ1) is 18.9. The molecule has 0 spiro atoms. The highest BCUT2D eigenvalue weighted by molar-refractivity contribution is 5.94. The van der Waals surface area contributed by atoms with Crippen LogP contribution in [0, 0.1) is 0 Å². The standard InChI is InChI=1S/C23H24N4O2/c28-23(26-16-18-8-9-22(25-15-18)27-11-1-2-12-27)20-6-3-7-21(13-20)29-17-19-5-4-10-24-14-19/h3-10,13-15H,1-2,11-12,16-17H2,(H,26,28). The molecule has 1 N–H and O–H groups in total.